The van der Waals surface area contributed by atoms with Crippen LogP contribution in [0.4, 0.5) is 0 Å². The molecular formula is C20H20N2O2. The molecule has 2 aromatic heterocycles. The minimum Gasteiger partial charge on any atom is -0.468 e. The fraction of sp³-hybridized carbons (Fsp3) is 0.200. The summed E-state index contributed by atoms with van der Waals surface area (Å²) in [4.78, 5) is 18.1. The second-order valence-corrected chi connectivity index (χ2v) is 5.97. The van der Waals surface area contributed by atoms with Crippen LogP contribution in [0.5, 0.6) is 0 Å². The van der Waals surface area contributed by atoms with Crippen LogP contribution in [0.3, 0.4) is 0 Å². The molecule has 1 aromatic carbocycles. The molecule has 0 saturated carbocycles. The first-order valence-electron chi connectivity index (χ1n) is 7.88. The van der Waals surface area contributed by atoms with Crippen molar-refractivity contribution >= 4 is 5.78 Å². The maximum Gasteiger partial charge on any atom is 0.159 e. The summed E-state index contributed by atoms with van der Waals surface area (Å²) in [6, 6.07) is 13.6. The van der Waals surface area contributed by atoms with Crippen LogP contribution in [0, 0.1) is 0 Å². The van der Waals surface area contributed by atoms with Gasteiger partial charge in [-0.1, -0.05) is 18.2 Å². The van der Waals surface area contributed by atoms with Gasteiger partial charge < -0.3 is 4.42 Å². The number of carbonyl (C=O) groups is 1. The van der Waals surface area contributed by atoms with Crippen molar-refractivity contribution in [3.8, 4) is 11.1 Å². The van der Waals surface area contributed by atoms with Gasteiger partial charge in [0, 0.05) is 30.1 Å². The Morgan fingerprint density at radius 2 is 1.96 bits per heavy atom. The Hall–Kier alpha value is -2.72. The lowest BCUT2D eigenvalue weighted by molar-refractivity contribution is 0.101. The third-order valence-corrected chi connectivity index (χ3v) is 3.86. The zero-order valence-electron chi connectivity index (χ0n) is 13.9. The van der Waals surface area contributed by atoms with Crippen molar-refractivity contribution in [3.63, 3.8) is 0 Å². The molecule has 4 nitrogen and oxygen atoms in total. The van der Waals surface area contributed by atoms with Gasteiger partial charge in [-0.25, -0.2) is 0 Å². The van der Waals surface area contributed by atoms with Crippen LogP contribution in [0.2, 0.25) is 0 Å². The summed E-state index contributed by atoms with van der Waals surface area (Å²) in [6.45, 7) is 3.10. The van der Waals surface area contributed by atoms with Gasteiger partial charge in [-0.15, -0.1) is 0 Å². The van der Waals surface area contributed by atoms with E-state index in [1.807, 2.05) is 55.8 Å². The first kappa shape index (κ1) is 16.1. The maximum atomic E-state index is 11.6. The van der Waals surface area contributed by atoms with E-state index in [9.17, 15) is 4.79 Å². The topological polar surface area (TPSA) is 46.3 Å². The molecule has 0 amide bonds. The Morgan fingerprint density at radius 1 is 1.08 bits per heavy atom. The van der Waals surface area contributed by atoms with Crippen LogP contribution in [-0.2, 0) is 13.1 Å². The van der Waals surface area contributed by atoms with Gasteiger partial charge in [-0.05, 0) is 49.4 Å². The fourth-order valence-corrected chi connectivity index (χ4v) is 2.69. The van der Waals surface area contributed by atoms with E-state index >= 15 is 0 Å². The quantitative estimate of drug-likeness (QED) is 0.639. The normalized spacial score (nSPS) is 11.0. The summed E-state index contributed by atoms with van der Waals surface area (Å²) in [5.41, 5.74) is 3.86. The minimum absolute atomic E-state index is 0.0687. The number of furan rings is 1. The van der Waals surface area contributed by atoms with Crippen molar-refractivity contribution in [1.29, 1.82) is 0 Å². The highest BCUT2D eigenvalue weighted by atomic mass is 16.3. The molecule has 0 radical (unpaired) electrons. The van der Waals surface area contributed by atoms with Crippen molar-refractivity contribution in [2.45, 2.75) is 20.0 Å². The molecular weight excluding hydrogens is 300 g/mol. The van der Waals surface area contributed by atoms with E-state index in [2.05, 4.69) is 16.0 Å². The first-order valence-corrected chi connectivity index (χ1v) is 7.88. The number of pyridine rings is 1. The molecule has 0 spiro atoms. The Labute approximate surface area is 141 Å². The van der Waals surface area contributed by atoms with E-state index in [1.54, 1.807) is 13.2 Å². The molecule has 24 heavy (non-hydrogen) atoms. The molecule has 122 valence electrons. The molecule has 3 aromatic rings. The summed E-state index contributed by atoms with van der Waals surface area (Å²) in [5, 5.41) is 0. The molecule has 0 aliphatic carbocycles. The van der Waals surface area contributed by atoms with E-state index in [-0.39, 0.29) is 5.78 Å². The third-order valence-electron chi connectivity index (χ3n) is 3.86. The summed E-state index contributed by atoms with van der Waals surface area (Å²) in [7, 11) is 2.05. The summed E-state index contributed by atoms with van der Waals surface area (Å²) in [6.07, 6.45) is 5.39. The number of aromatic nitrogens is 1. The van der Waals surface area contributed by atoms with Gasteiger partial charge in [0.05, 0.1) is 12.8 Å². The molecule has 0 aliphatic rings. The monoisotopic (exact) mass is 320 g/mol. The first-order chi connectivity index (χ1) is 11.6. The number of rotatable bonds is 6. The number of benzene rings is 1. The van der Waals surface area contributed by atoms with Crippen LogP contribution >= 0.6 is 0 Å². The smallest absolute Gasteiger partial charge is 0.159 e. The molecule has 0 aliphatic heterocycles. The second kappa shape index (κ2) is 7.23. The number of carbonyl (C=O) groups excluding carboxylic acids is 1. The minimum atomic E-state index is 0.0687. The second-order valence-electron chi connectivity index (χ2n) is 5.97. The molecule has 0 saturated heterocycles. The zero-order valence-corrected chi connectivity index (χ0v) is 13.9. The van der Waals surface area contributed by atoms with E-state index < -0.39 is 0 Å². The van der Waals surface area contributed by atoms with Crippen molar-refractivity contribution in [3.05, 3.63) is 78.0 Å². The number of nitrogens with zero attached hydrogens (tertiary/aromatic N) is 2. The zero-order chi connectivity index (χ0) is 16.9. The predicted octanol–water partition coefficient (Wildman–Crippen LogP) is 4.18. The number of ketones is 1. The van der Waals surface area contributed by atoms with E-state index in [0.29, 0.717) is 5.56 Å². The average molecular weight is 320 g/mol. The summed E-state index contributed by atoms with van der Waals surface area (Å²) < 4.78 is 5.38. The van der Waals surface area contributed by atoms with Gasteiger partial charge in [0.25, 0.3) is 0 Å². The average Bonchev–Trinajstić information content (AvgIpc) is 3.08. The lowest BCUT2D eigenvalue weighted by Gasteiger charge is -2.15. The SMILES string of the molecule is CC(=O)c1cccc(-c2cncc(CN(C)Cc3ccco3)c2)c1. The third kappa shape index (κ3) is 3.97. The molecule has 4 heteroatoms. The van der Waals surface area contributed by atoms with Crippen molar-refractivity contribution in [2.24, 2.45) is 0 Å². The fourth-order valence-electron chi connectivity index (χ4n) is 2.69. The van der Waals surface area contributed by atoms with Crippen LogP contribution in [0.25, 0.3) is 11.1 Å². The Bertz CT molecular complexity index is 825. The van der Waals surface area contributed by atoms with Crippen LogP contribution in [0.1, 0.15) is 28.6 Å². The van der Waals surface area contributed by atoms with Crippen molar-refractivity contribution < 1.29 is 9.21 Å². The highest BCUT2D eigenvalue weighted by Crippen LogP contribution is 2.21. The van der Waals surface area contributed by atoms with Gasteiger partial charge >= 0.3 is 0 Å². The highest BCUT2D eigenvalue weighted by Gasteiger charge is 2.07. The number of Topliss-reactive ketones (excluding diaryl/α,β-unsaturated/α-hetero) is 1. The summed E-state index contributed by atoms with van der Waals surface area (Å²) >= 11 is 0. The Balaban J connectivity index is 1.76. The van der Waals surface area contributed by atoms with Crippen molar-refractivity contribution in [2.75, 3.05) is 7.05 Å². The summed E-state index contributed by atoms with van der Waals surface area (Å²) in [5.74, 6) is 1.01. The van der Waals surface area contributed by atoms with Gasteiger partial charge in [0.2, 0.25) is 0 Å². The molecule has 0 N–H and O–H groups in total. The lowest BCUT2D eigenvalue weighted by atomic mass is 10.0. The van der Waals surface area contributed by atoms with E-state index in [4.69, 9.17) is 4.42 Å². The highest BCUT2D eigenvalue weighted by molar-refractivity contribution is 5.95. The van der Waals surface area contributed by atoms with Gasteiger partial charge in [0.1, 0.15) is 5.76 Å². The number of hydrogen-bond donors (Lipinski definition) is 0. The van der Waals surface area contributed by atoms with Gasteiger partial charge in [0.15, 0.2) is 5.78 Å². The maximum absolute atomic E-state index is 11.6. The molecule has 3 rings (SSSR count). The Kier molecular flexibility index (Phi) is 4.87. The largest absolute Gasteiger partial charge is 0.468 e. The van der Waals surface area contributed by atoms with Crippen LogP contribution < -0.4 is 0 Å². The van der Waals surface area contributed by atoms with Gasteiger partial charge in [-0.2, -0.15) is 0 Å². The predicted molar refractivity (Wildman–Crippen MR) is 93.6 cm³/mol. The molecule has 0 atom stereocenters. The molecule has 2 heterocycles. The van der Waals surface area contributed by atoms with E-state index in [1.165, 1.54) is 0 Å². The van der Waals surface area contributed by atoms with E-state index in [0.717, 1.165) is 35.5 Å². The standard InChI is InChI=1S/C20H20N2O2/c1-15(23)17-5-3-6-18(10-17)19-9-16(11-21-12-19)13-22(2)14-20-7-4-8-24-20/h3-12H,13-14H2,1-2H3. The molecule has 0 unspecified atom stereocenters. The number of hydrogen-bond acceptors (Lipinski definition) is 4. The molecule has 0 bridgehead atoms. The van der Waals surface area contributed by atoms with Crippen molar-refractivity contribution in [1.82, 2.24) is 9.88 Å². The van der Waals surface area contributed by atoms with Crippen LogP contribution in [0.15, 0.2) is 65.5 Å². The van der Waals surface area contributed by atoms with Crippen LogP contribution in [-0.4, -0.2) is 22.7 Å². The molecule has 0 fully saturated rings. The lowest BCUT2D eigenvalue weighted by Crippen LogP contribution is -2.17. The van der Waals surface area contributed by atoms with Gasteiger partial charge in [-0.3, -0.25) is 14.7 Å². The Morgan fingerprint density at radius 3 is 2.71 bits per heavy atom.